The lowest BCUT2D eigenvalue weighted by atomic mass is 9.95. The van der Waals surface area contributed by atoms with Crippen molar-refractivity contribution >= 4 is 45.3 Å². The molecule has 0 spiro atoms. The number of aryl methyl sites for hydroxylation is 1. The van der Waals surface area contributed by atoms with E-state index in [0.717, 1.165) is 36.1 Å². The minimum Gasteiger partial charge on any atom is -0.465 e. The van der Waals surface area contributed by atoms with Crippen LogP contribution >= 0.6 is 11.3 Å². The van der Waals surface area contributed by atoms with E-state index >= 15 is 0 Å². The van der Waals surface area contributed by atoms with E-state index in [9.17, 15) is 14.4 Å². The fourth-order valence-electron chi connectivity index (χ4n) is 3.45. The summed E-state index contributed by atoms with van der Waals surface area (Å²) in [4.78, 5) is 42.5. The number of fused-ring (bicyclic) bond motifs is 2. The average molecular weight is 428 g/mol. The van der Waals surface area contributed by atoms with Gasteiger partial charge in [-0.15, -0.1) is 11.3 Å². The summed E-state index contributed by atoms with van der Waals surface area (Å²) < 4.78 is 15.4. The number of rotatable bonds is 5. The van der Waals surface area contributed by atoms with E-state index in [1.54, 1.807) is 12.1 Å². The summed E-state index contributed by atoms with van der Waals surface area (Å²) in [6, 6.07) is 4.71. The van der Waals surface area contributed by atoms with Gasteiger partial charge in [0.05, 0.1) is 18.2 Å². The third-order valence-electron chi connectivity index (χ3n) is 5.02. The van der Waals surface area contributed by atoms with Gasteiger partial charge in [0.1, 0.15) is 10.5 Å². The van der Waals surface area contributed by atoms with E-state index in [1.165, 1.54) is 37.8 Å². The molecule has 1 aliphatic rings. The molecule has 2 aromatic heterocycles. The minimum absolute atomic E-state index is 0.251. The molecule has 1 atom stereocenters. The molecule has 0 radical (unpaired) electrons. The molecule has 30 heavy (non-hydrogen) atoms. The van der Waals surface area contributed by atoms with Gasteiger partial charge in [0.15, 0.2) is 18.1 Å². The Labute approximate surface area is 176 Å². The second kappa shape index (κ2) is 8.27. The van der Waals surface area contributed by atoms with E-state index in [2.05, 4.69) is 10.3 Å². The molecule has 4 rings (SSSR count). The topological polar surface area (TPSA) is 108 Å². The largest absolute Gasteiger partial charge is 0.465 e. The molecule has 0 aliphatic heterocycles. The average Bonchev–Trinajstić information content (AvgIpc) is 3.36. The van der Waals surface area contributed by atoms with E-state index in [4.69, 9.17) is 13.9 Å². The summed E-state index contributed by atoms with van der Waals surface area (Å²) in [5.74, 6) is -1.66. The lowest BCUT2D eigenvalue weighted by Gasteiger charge is -2.14. The highest BCUT2D eigenvalue weighted by atomic mass is 32.1. The molecule has 9 heteroatoms. The zero-order valence-electron chi connectivity index (χ0n) is 16.5. The smallest absolute Gasteiger partial charge is 0.341 e. The van der Waals surface area contributed by atoms with Crippen molar-refractivity contribution in [3.8, 4) is 0 Å². The monoisotopic (exact) mass is 428 g/mol. The number of methoxy groups -OCH3 is 1. The van der Waals surface area contributed by atoms with Crippen molar-refractivity contribution in [2.75, 3.05) is 12.4 Å². The quantitative estimate of drug-likeness (QED) is 0.617. The maximum atomic E-state index is 12.7. The van der Waals surface area contributed by atoms with Crippen LogP contribution in [0.5, 0.6) is 0 Å². The third-order valence-corrected chi connectivity index (χ3v) is 6.22. The van der Waals surface area contributed by atoms with Crippen molar-refractivity contribution in [2.45, 2.75) is 38.7 Å². The van der Waals surface area contributed by atoms with Gasteiger partial charge in [-0.25, -0.2) is 14.6 Å². The molecule has 1 N–H and O–H groups in total. The Balaban J connectivity index is 1.48. The fraction of sp³-hybridized carbons (Fsp3) is 0.333. The van der Waals surface area contributed by atoms with Gasteiger partial charge in [0, 0.05) is 4.88 Å². The number of thiophene rings is 1. The van der Waals surface area contributed by atoms with E-state index in [1.807, 2.05) is 0 Å². The summed E-state index contributed by atoms with van der Waals surface area (Å²) in [6.07, 6.45) is 3.91. The van der Waals surface area contributed by atoms with Crippen LogP contribution in [0.3, 0.4) is 0 Å². The number of nitrogens with zero attached hydrogens (tertiary/aromatic N) is 1. The van der Waals surface area contributed by atoms with Gasteiger partial charge in [0.2, 0.25) is 0 Å². The summed E-state index contributed by atoms with van der Waals surface area (Å²) >= 11 is 1.38. The highest BCUT2D eigenvalue weighted by Gasteiger charge is 2.28. The zero-order chi connectivity index (χ0) is 21.3. The predicted molar refractivity (Wildman–Crippen MR) is 110 cm³/mol. The first-order valence-electron chi connectivity index (χ1n) is 9.56. The number of oxazole rings is 1. The van der Waals surface area contributed by atoms with Crippen LogP contribution in [0.15, 0.2) is 29.0 Å². The Hall–Kier alpha value is -3.20. The van der Waals surface area contributed by atoms with E-state index in [0.29, 0.717) is 21.7 Å². The molecule has 8 nitrogen and oxygen atoms in total. The molecule has 3 aromatic rings. The molecule has 0 saturated carbocycles. The highest BCUT2D eigenvalue weighted by molar-refractivity contribution is 7.17. The van der Waals surface area contributed by atoms with Crippen molar-refractivity contribution in [3.05, 3.63) is 46.2 Å². The van der Waals surface area contributed by atoms with E-state index in [-0.39, 0.29) is 5.56 Å². The Kier molecular flexibility index (Phi) is 5.54. The predicted octanol–water partition coefficient (Wildman–Crippen LogP) is 3.74. The van der Waals surface area contributed by atoms with Crippen LogP contribution in [-0.2, 0) is 27.1 Å². The number of carbonyl (C=O) groups excluding carboxylic acids is 3. The van der Waals surface area contributed by atoms with Crippen LogP contribution in [0.25, 0.3) is 11.1 Å². The van der Waals surface area contributed by atoms with Gasteiger partial charge < -0.3 is 19.2 Å². The third kappa shape index (κ3) is 3.80. The normalized spacial score (nSPS) is 14.1. The Morgan fingerprint density at radius 3 is 2.80 bits per heavy atom. The van der Waals surface area contributed by atoms with Gasteiger partial charge in [0.25, 0.3) is 5.91 Å². The molecule has 1 aliphatic carbocycles. The number of carbonyl (C=O) groups is 3. The molecule has 1 amide bonds. The van der Waals surface area contributed by atoms with Crippen LogP contribution in [0, 0.1) is 0 Å². The molecule has 0 bridgehead atoms. The van der Waals surface area contributed by atoms with Crippen LogP contribution in [-0.4, -0.2) is 36.0 Å². The summed E-state index contributed by atoms with van der Waals surface area (Å²) in [5.41, 5.74) is 2.67. The number of amides is 1. The SMILES string of the molecule is COC(=O)c1c(NC(=O)C(C)OC(=O)c2ccc3ncoc3c2)sc2c1CCCC2. The van der Waals surface area contributed by atoms with Gasteiger partial charge in [-0.2, -0.15) is 0 Å². The first kappa shape index (κ1) is 20.1. The van der Waals surface area contributed by atoms with Crippen molar-refractivity contribution in [1.29, 1.82) is 0 Å². The fourth-order valence-corrected chi connectivity index (χ4v) is 4.73. The lowest BCUT2D eigenvalue weighted by Crippen LogP contribution is -2.30. The Morgan fingerprint density at radius 1 is 1.20 bits per heavy atom. The van der Waals surface area contributed by atoms with Crippen LogP contribution in [0.2, 0.25) is 0 Å². The summed E-state index contributed by atoms with van der Waals surface area (Å²) in [7, 11) is 1.32. The molecule has 1 aromatic carbocycles. The molecular weight excluding hydrogens is 408 g/mol. The van der Waals surface area contributed by atoms with Crippen LogP contribution in [0.1, 0.15) is 50.9 Å². The number of hydrogen-bond donors (Lipinski definition) is 1. The lowest BCUT2D eigenvalue weighted by molar-refractivity contribution is -0.123. The minimum atomic E-state index is -1.06. The number of nitrogens with one attached hydrogen (secondary N) is 1. The van der Waals surface area contributed by atoms with Crippen LogP contribution in [0.4, 0.5) is 5.00 Å². The van der Waals surface area contributed by atoms with Crippen LogP contribution < -0.4 is 5.32 Å². The number of aromatic nitrogens is 1. The van der Waals surface area contributed by atoms with Crippen molar-refractivity contribution in [3.63, 3.8) is 0 Å². The second-order valence-electron chi connectivity index (χ2n) is 6.98. The summed E-state index contributed by atoms with van der Waals surface area (Å²) in [5, 5.41) is 3.17. The number of hydrogen-bond acceptors (Lipinski definition) is 8. The standard InChI is InChI=1S/C21H20N2O6S/c1-11(29-20(25)12-7-8-14-15(9-12)28-10-22-14)18(24)23-19-17(21(26)27-2)13-5-3-4-6-16(13)30-19/h7-11H,3-6H2,1-2H3,(H,23,24). The first-order valence-corrected chi connectivity index (χ1v) is 10.4. The van der Waals surface area contributed by atoms with Gasteiger partial charge in [-0.3, -0.25) is 4.79 Å². The first-order chi connectivity index (χ1) is 14.5. The van der Waals surface area contributed by atoms with Gasteiger partial charge in [-0.1, -0.05) is 0 Å². The van der Waals surface area contributed by atoms with E-state index < -0.39 is 23.9 Å². The molecular formula is C21H20N2O6S. The molecule has 156 valence electrons. The number of ether oxygens (including phenoxy) is 2. The Morgan fingerprint density at radius 2 is 2.00 bits per heavy atom. The molecule has 1 unspecified atom stereocenters. The number of anilines is 1. The summed E-state index contributed by atoms with van der Waals surface area (Å²) in [6.45, 7) is 1.48. The maximum absolute atomic E-state index is 12.7. The molecule has 0 saturated heterocycles. The molecule has 2 heterocycles. The number of benzene rings is 1. The second-order valence-corrected chi connectivity index (χ2v) is 8.08. The van der Waals surface area contributed by atoms with Crippen molar-refractivity contribution in [2.24, 2.45) is 0 Å². The highest BCUT2D eigenvalue weighted by Crippen LogP contribution is 2.38. The number of esters is 2. The Bertz CT molecular complexity index is 1130. The van der Waals surface area contributed by atoms with Gasteiger partial charge >= 0.3 is 11.9 Å². The molecule has 0 fully saturated rings. The zero-order valence-corrected chi connectivity index (χ0v) is 17.3. The maximum Gasteiger partial charge on any atom is 0.341 e. The van der Waals surface area contributed by atoms with Gasteiger partial charge in [-0.05, 0) is 56.4 Å². The van der Waals surface area contributed by atoms with Crippen molar-refractivity contribution in [1.82, 2.24) is 4.98 Å². The van der Waals surface area contributed by atoms with Crippen molar-refractivity contribution < 1.29 is 28.3 Å².